The largest absolute Gasteiger partial charge is 0.507 e. The van der Waals surface area contributed by atoms with Gasteiger partial charge in [-0.05, 0) is 54.7 Å². The van der Waals surface area contributed by atoms with Crippen molar-refractivity contribution in [3.63, 3.8) is 0 Å². The predicted molar refractivity (Wildman–Crippen MR) is 136 cm³/mol. The van der Waals surface area contributed by atoms with E-state index < -0.39 is 23.9 Å². The lowest BCUT2D eigenvalue weighted by Crippen LogP contribution is -2.39. The summed E-state index contributed by atoms with van der Waals surface area (Å²) in [7, 11) is 1.50. The molecule has 4 rings (SSSR count). The maximum Gasteiger partial charge on any atom is 0.233 e. The molecule has 2 amide bonds. The molecular formula is C29H35NO5. The molecule has 2 aromatic carbocycles. The Morgan fingerprint density at radius 2 is 1.80 bits per heavy atom. The van der Waals surface area contributed by atoms with Gasteiger partial charge in [0, 0.05) is 18.4 Å². The average Bonchev–Trinajstić information content (AvgIpc) is 3.07. The second kappa shape index (κ2) is 9.96. The predicted octanol–water partition coefficient (Wildman–Crippen LogP) is 4.29. The van der Waals surface area contributed by atoms with Crippen molar-refractivity contribution in [2.24, 2.45) is 23.7 Å². The Morgan fingerprint density at radius 3 is 2.46 bits per heavy atom. The molecule has 0 unspecified atom stereocenters. The van der Waals surface area contributed by atoms with Crippen LogP contribution in [-0.2, 0) is 9.59 Å². The zero-order valence-electron chi connectivity index (χ0n) is 20.9. The molecule has 3 N–H and O–H groups in total. The van der Waals surface area contributed by atoms with E-state index in [4.69, 9.17) is 0 Å². The number of nitrogens with zero attached hydrogens (tertiary/aromatic N) is 1. The molecule has 0 spiro atoms. The third kappa shape index (κ3) is 4.53. The van der Waals surface area contributed by atoms with Crippen molar-refractivity contribution in [1.29, 1.82) is 0 Å². The number of phenolic OH excluding ortho intramolecular Hbond substituents is 1. The van der Waals surface area contributed by atoms with E-state index in [0.29, 0.717) is 19.3 Å². The van der Waals surface area contributed by atoms with Crippen molar-refractivity contribution in [2.75, 3.05) is 13.7 Å². The Balaban J connectivity index is 1.59. The number of phenols is 1. The number of hydrogen-bond donors (Lipinski definition) is 3. The van der Waals surface area contributed by atoms with E-state index >= 15 is 0 Å². The van der Waals surface area contributed by atoms with Crippen LogP contribution < -0.4 is 0 Å². The van der Waals surface area contributed by atoms with Crippen LogP contribution in [0.25, 0.3) is 16.8 Å². The van der Waals surface area contributed by atoms with E-state index in [1.807, 2.05) is 51.1 Å². The highest BCUT2D eigenvalue weighted by molar-refractivity contribution is 6.05. The van der Waals surface area contributed by atoms with Gasteiger partial charge in [-0.1, -0.05) is 61.4 Å². The normalized spacial score (nSPS) is 24.0. The minimum atomic E-state index is -0.806. The van der Waals surface area contributed by atoms with E-state index in [-0.39, 0.29) is 30.1 Å². The third-order valence-corrected chi connectivity index (χ3v) is 7.74. The Labute approximate surface area is 206 Å². The van der Waals surface area contributed by atoms with Crippen LogP contribution in [0, 0.1) is 23.7 Å². The van der Waals surface area contributed by atoms with Crippen molar-refractivity contribution in [3.8, 4) is 5.75 Å². The van der Waals surface area contributed by atoms with Crippen LogP contribution in [0.1, 0.15) is 45.6 Å². The summed E-state index contributed by atoms with van der Waals surface area (Å²) >= 11 is 0. The minimum absolute atomic E-state index is 0.100. The van der Waals surface area contributed by atoms with Crippen LogP contribution in [0.15, 0.2) is 53.1 Å². The molecule has 35 heavy (non-hydrogen) atoms. The Morgan fingerprint density at radius 1 is 1.11 bits per heavy atom. The first-order valence-corrected chi connectivity index (χ1v) is 12.4. The van der Waals surface area contributed by atoms with Crippen LogP contribution in [0.5, 0.6) is 5.75 Å². The van der Waals surface area contributed by atoms with Gasteiger partial charge in [0.2, 0.25) is 11.8 Å². The maximum atomic E-state index is 12.8. The van der Waals surface area contributed by atoms with E-state index in [9.17, 15) is 24.9 Å². The second-order valence-corrected chi connectivity index (χ2v) is 10.3. The van der Waals surface area contributed by atoms with E-state index in [1.165, 1.54) is 11.9 Å². The quantitative estimate of drug-likeness (QED) is 0.408. The number of aromatic hydroxyl groups is 1. The van der Waals surface area contributed by atoms with Crippen LogP contribution >= 0.6 is 0 Å². The molecule has 6 nitrogen and oxygen atoms in total. The van der Waals surface area contributed by atoms with Crippen LogP contribution in [0.4, 0.5) is 0 Å². The van der Waals surface area contributed by atoms with Gasteiger partial charge in [0.05, 0.1) is 24.5 Å². The Kier molecular flexibility index (Phi) is 7.15. The molecule has 2 aliphatic rings. The van der Waals surface area contributed by atoms with Crippen LogP contribution in [0.3, 0.4) is 0 Å². The number of amides is 2. The molecule has 1 aliphatic heterocycles. The summed E-state index contributed by atoms with van der Waals surface area (Å²) in [5, 5.41) is 33.5. The van der Waals surface area contributed by atoms with Gasteiger partial charge in [0.15, 0.2) is 0 Å². The summed E-state index contributed by atoms with van der Waals surface area (Å²) < 4.78 is 0. The van der Waals surface area contributed by atoms with E-state index in [2.05, 4.69) is 6.08 Å². The number of carbonyl (C=O) groups is 2. The highest BCUT2D eigenvalue weighted by Crippen LogP contribution is 2.47. The summed E-state index contributed by atoms with van der Waals surface area (Å²) in [5.41, 5.74) is 3.80. The number of carbonyl (C=O) groups excluding carboxylic acids is 2. The number of likely N-dealkylation sites (tertiary alicyclic amines) is 1. The summed E-state index contributed by atoms with van der Waals surface area (Å²) in [4.78, 5) is 26.7. The number of hydrogen-bond acceptors (Lipinski definition) is 5. The SMILES string of the molecule is C/C(=C\c1ccc(O)c2ccccc12)CC[C@@H](O)C1=C(C(C)C)C[C@H]2C(=O)N(C)C(=O)[C@H]2[C@H]1CO. The summed E-state index contributed by atoms with van der Waals surface area (Å²) in [6.45, 7) is 5.80. The topological polar surface area (TPSA) is 98.1 Å². The standard InChI is InChI=1S/C29H35NO5/c1-16(2)21-14-22-27(29(35)30(4)28(22)34)23(15-31)26(21)25(33)11-9-17(3)13-18-10-12-24(32)20-8-6-5-7-19(18)20/h5-8,10,12-13,16,22-23,25,27,31-33H,9,11,14-15H2,1-4H3/b17-13+/t22-,23+,25-,27-/m1/s1. The molecule has 0 aromatic heterocycles. The van der Waals surface area contributed by atoms with E-state index in [1.54, 1.807) is 6.07 Å². The van der Waals surface area contributed by atoms with Gasteiger partial charge in [-0.15, -0.1) is 0 Å². The fourth-order valence-corrected chi connectivity index (χ4v) is 5.89. The first kappa shape index (κ1) is 25.1. The number of aliphatic hydroxyl groups excluding tert-OH is 2. The van der Waals surface area contributed by atoms with Crippen molar-refractivity contribution in [1.82, 2.24) is 4.90 Å². The zero-order chi connectivity index (χ0) is 25.4. The van der Waals surface area contributed by atoms with Gasteiger partial charge < -0.3 is 15.3 Å². The molecule has 6 heteroatoms. The van der Waals surface area contributed by atoms with Crippen LogP contribution in [-0.4, -0.2) is 51.8 Å². The molecular weight excluding hydrogens is 442 g/mol. The molecule has 186 valence electrons. The molecule has 1 aliphatic carbocycles. The fourth-order valence-electron chi connectivity index (χ4n) is 5.89. The number of fused-ring (bicyclic) bond motifs is 2. The first-order valence-electron chi connectivity index (χ1n) is 12.4. The average molecular weight is 478 g/mol. The van der Waals surface area contributed by atoms with Gasteiger partial charge in [0.25, 0.3) is 0 Å². The molecule has 1 saturated heterocycles. The second-order valence-electron chi connectivity index (χ2n) is 10.3. The van der Waals surface area contributed by atoms with Crippen molar-refractivity contribution in [3.05, 3.63) is 58.7 Å². The highest BCUT2D eigenvalue weighted by atomic mass is 16.3. The molecule has 1 heterocycles. The zero-order valence-corrected chi connectivity index (χ0v) is 20.9. The molecule has 0 saturated carbocycles. The lowest BCUT2D eigenvalue weighted by molar-refractivity contribution is -0.138. The molecule has 0 radical (unpaired) electrons. The first-order chi connectivity index (χ1) is 16.6. The molecule has 1 fully saturated rings. The number of allylic oxidation sites excluding steroid dienone is 2. The molecule has 4 atom stereocenters. The van der Waals surface area contributed by atoms with E-state index in [0.717, 1.165) is 33.1 Å². The van der Waals surface area contributed by atoms with Crippen LogP contribution in [0.2, 0.25) is 0 Å². The third-order valence-electron chi connectivity index (χ3n) is 7.74. The fraction of sp³-hybridized carbons (Fsp3) is 0.448. The van der Waals surface area contributed by atoms with Crippen molar-refractivity contribution in [2.45, 2.75) is 46.1 Å². The maximum absolute atomic E-state index is 12.8. The summed E-state index contributed by atoms with van der Waals surface area (Å²) in [6, 6.07) is 11.3. The smallest absolute Gasteiger partial charge is 0.233 e. The number of imide groups is 1. The van der Waals surface area contributed by atoms with Crippen molar-refractivity contribution < 1.29 is 24.9 Å². The van der Waals surface area contributed by atoms with Crippen molar-refractivity contribution >= 4 is 28.7 Å². The van der Waals surface area contributed by atoms with Gasteiger partial charge in [-0.2, -0.15) is 0 Å². The minimum Gasteiger partial charge on any atom is -0.507 e. The number of benzene rings is 2. The number of rotatable bonds is 7. The summed E-state index contributed by atoms with van der Waals surface area (Å²) in [6.07, 6.45) is 2.80. The van der Waals surface area contributed by atoms with Gasteiger partial charge >= 0.3 is 0 Å². The lowest BCUT2D eigenvalue weighted by Gasteiger charge is -2.38. The number of aliphatic hydroxyl groups is 2. The monoisotopic (exact) mass is 477 g/mol. The lowest BCUT2D eigenvalue weighted by atomic mass is 9.66. The Hall–Kier alpha value is -2.96. The highest BCUT2D eigenvalue weighted by Gasteiger charge is 2.53. The van der Waals surface area contributed by atoms with Gasteiger partial charge in [-0.25, -0.2) is 0 Å². The molecule has 0 bridgehead atoms. The van der Waals surface area contributed by atoms with Gasteiger partial charge in [0.1, 0.15) is 5.75 Å². The Bertz CT molecular complexity index is 1210. The summed E-state index contributed by atoms with van der Waals surface area (Å²) in [5.74, 6) is -1.72. The van der Waals surface area contributed by atoms with Gasteiger partial charge in [-0.3, -0.25) is 14.5 Å². The molecule has 2 aromatic rings.